The van der Waals surface area contributed by atoms with Crippen molar-refractivity contribution in [2.45, 2.75) is 6.42 Å². The Bertz CT molecular complexity index is 1430. The van der Waals surface area contributed by atoms with E-state index in [2.05, 4.69) is 20.3 Å². The number of hydrogen-bond acceptors (Lipinski definition) is 4. The molecule has 0 saturated heterocycles. The van der Waals surface area contributed by atoms with Gasteiger partial charge >= 0.3 is 0 Å². The number of nitrogens with zero attached hydrogens (tertiary/aromatic N) is 2. The molecule has 3 aromatic heterocycles. The Kier molecular flexibility index (Phi) is 5.03. The van der Waals surface area contributed by atoms with Crippen LogP contribution in [0.25, 0.3) is 27.5 Å². The lowest BCUT2D eigenvalue weighted by molar-refractivity contribution is -0.129. The maximum Gasteiger partial charge on any atom is 0.257 e. The molecule has 0 spiro atoms. The van der Waals surface area contributed by atoms with Crippen LogP contribution >= 0.6 is 0 Å². The van der Waals surface area contributed by atoms with Crippen LogP contribution in [-0.2, 0) is 4.79 Å². The summed E-state index contributed by atoms with van der Waals surface area (Å²) in [4.78, 5) is 49.8. The highest BCUT2D eigenvalue weighted by atomic mass is 16.2. The number of fused-ring (bicyclic) bond motifs is 2. The molecule has 0 radical (unpaired) electrons. The van der Waals surface area contributed by atoms with Gasteiger partial charge < -0.3 is 20.2 Å². The third kappa shape index (κ3) is 3.56. The topological polar surface area (TPSA) is 111 Å². The van der Waals surface area contributed by atoms with E-state index in [1.807, 2.05) is 30.5 Å². The summed E-state index contributed by atoms with van der Waals surface area (Å²) in [5, 5.41) is 4.08. The predicted octanol–water partition coefficient (Wildman–Crippen LogP) is 2.45. The summed E-state index contributed by atoms with van der Waals surface area (Å²) in [6, 6.07) is 10.9. The molecule has 1 aliphatic rings. The molecule has 4 heterocycles. The molecule has 8 heteroatoms. The molecular formula is C24H21N5O3. The average molecular weight is 427 g/mol. The molecule has 160 valence electrons. The lowest BCUT2D eigenvalue weighted by Gasteiger charge is -2.26. The Morgan fingerprint density at radius 2 is 1.91 bits per heavy atom. The van der Waals surface area contributed by atoms with Crippen molar-refractivity contribution in [3.8, 4) is 0 Å². The second kappa shape index (κ2) is 8.14. The van der Waals surface area contributed by atoms with Crippen molar-refractivity contribution in [2.24, 2.45) is 0 Å². The number of aromatic nitrogens is 3. The van der Waals surface area contributed by atoms with Gasteiger partial charge in [0.1, 0.15) is 11.2 Å². The maximum atomic E-state index is 12.6. The minimum absolute atomic E-state index is 0.00901. The van der Waals surface area contributed by atoms with E-state index in [0.29, 0.717) is 30.4 Å². The zero-order valence-corrected chi connectivity index (χ0v) is 17.2. The summed E-state index contributed by atoms with van der Waals surface area (Å²) in [7, 11) is 0. The number of carbonyl (C=O) groups excluding carboxylic acids is 2. The van der Waals surface area contributed by atoms with Crippen molar-refractivity contribution < 1.29 is 9.59 Å². The van der Waals surface area contributed by atoms with Crippen molar-refractivity contribution in [1.29, 1.82) is 0 Å². The van der Waals surface area contributed by atoms with Crippen LogP contribution in [0.1, 0.15) is 22.3 Å². The van der Waals surface area contributed by atoms with Gasteiger partial charge in [0.2, 0.25) is 11.3 Å². The van der Waals surface area contributed by atoms with Gasteiger partial charge in [0.05, 0.1) is 6.54 Å². The van der Waals surface area contributed by atoms with Crippen LogP contribution in [0.3, 0.4) is 0 Å². The second-order valence-electron chi connectivity index (χ2n) is 7.68. The second-order valence-corrected chi connectivity index (χ2v) is 7.68. The third-order valence-electron chi connectivity index (χ3n) is 5.79. The zero-order chi connectivity index (χ0) is 22.1. The number of benzene rings is 1. The fourth-order valence-corrected chi connectivity index (χ4v) is 4.06. The number of carbonyl (C=O) groups is 2. The highest BCUT2D eigenvalue weighted by Crippen LogP contribution is 2.28. The summed E-state index contributed by atoms with van der Waals surface area (Å²) in [5.41, 5.74) is 3.40. The Morgan fingerprint density at radius 1 is 1.06 bits per heavy atom. The monoisotopic (exact) mass is 427 g/mol. The van der Waals surface area contributed by atoms with E-state index in [9.17, 15) is 14.4 Å². The fourth-order valence-electron chi connectivity index (χ4n) is 4.06. The van der Waals surface area contributed by atoms with E-state index in [4.69, 9.17) is 0 Å². The molecule has 0 atom stereocenters. The Labute approximate surface area is 183 Å². The van der Waals surface area contributed by atoms with Crippen LogP contribution in [0.5, 0.6) is 0 Å². The SMILES string of the molecule is O=C(NCC(=O)N1CC=C(c2c[nH]c3ncccc23)CC1)c1c[nH]c2ccccc2c1=O. The average Bonchev–Trinajstić information content (AvgIpc) is 3.27. The summed E-state index contributed by atoms with van der Waals surface area (Å²) in [6.07, 6.45) is 7.83. The number of pyridine rings is 2. The van der Waals surface area contributed by atoms with Gasteiger partial charge in [-0.1, -0.05) is 18.2 Å². The van der Waals surface area contributed by atoms with Crippen LogP contribution in [0.2, 0.25) is 0 Å². The van der Waals surface area contributed by atoms with Gasteiger partial charge in [0.15, 0.2) is 0 Å². The Balaban J connectivity index is 1.23. The minimum atomic E-state index is -0.565. The molecule has 0 fully saturated rings. The van der Waals surface area contributed by atoms with E-state index in [0.717, 1.165) is 16.6 Å². The van der Waals surface area contributed by atoms with Crippen LogP contribution in [0.4, 0.5) is 0 Å². The first-order valence-electron chi connectivity index (χ1n) is 10.4. The standard InChI is InChI=1S/C24H21N5O3/c30-21(14-28-24(32)19-13-26-20-6-2-1-4-17(20)22(19)31)29-10-7-15(8-11-29)18-12-27-23-16(18)5-3-9-25-23/h1-7,9,12-13H,8,10-11,14H2,(H,25,27)(H,26,31)(H,28,32). The van der Waals surface area contributed by atoms with Crippen molar-refractivity contribution in [3.63, 3.8) is 0 Å². The quantitative estimate of drug-likeness (QED) is 0.465. The number of aromatic amines is 2. The molecule has 0 aliphatic carbocycles. The van der Waals surface area contributed by atoms with Gasteiger partial charge in [-0.05, 0) is 36.3 Å². The van der Waals surface area contributed by atoms with E-state index in [1.54, 1.807) is 29.3 Å². The van der Waals surface area contributed by atoms with E-state index >= 15 is 0 Å². The lowest BCUT2D eigenvalue weighted by Crippen LogP contribution is -2.42. The van der Waals surface area contributed by atoms with Crippen LogP contribution < -0.4 is 10.7 Å². The van der Waals surface area contributed by atoms with Crippen molar-refractivity contribution in [1.82, 2.24) is 25.2 Å². The molecule has 0 saturated carbocycles. The summed E-state index contributed by atoms with van der Waals surface area (Å²) < 4.78 is 0. The fraction of sp³-hybridized carbons (Fsp3) is 0.167. The predicted molar refractivity (Wildman–Crippen MR) is 122 cm³/mol. The number of para-hydroxylation sites is 1. The van der Waals surface area contributed by atoms with Crippen LogP contribution in [-0.4, -0.2) is 51.3 Å². The number of amides is 2. The molecule has 2 amide bonds. The molecule has 1 aromatic carbocycles. The van der Waals surface area contributed by atoms with E-state index in [1.165, 1.54) is 11.8 Å². The van der Waals surface area contributed by atoms with Gasteiger partial charge in [-0.3, -0.25) is 14.4 Å². The van der Waals surface area contributed by atoms with Crippen molar-refractivity contribution >= 4 is 39.3 Å². The molecule has 0 bridgehead atoms. The summed E-state index contributed by atoms with van der Waals surface area (Å²) in [5.74, 6) is -0.753. The first-order chi connectivity index (χ1) is 15.6. The maximum absolute atomic E-state index is 12.6. The summed E-state index contributed by atoms with van der Waals surface area (Å²) >= 11 is 0. The third-order valence-corrected chi connectivity index (χ3v) is 5.79. The first kappa shape index (κ1) is 19.7. The van der Waals surface area contributed by atoms with Crippen LogP contribution in [0.15, 0.2) is 65.9 Å². The largest absolute Gasteiger partial charge is 0.360 e. The molecule has 1 aliphatic heterocycles. The normalized spacial score (nSPS) is 13.9. The number of hydrogen-bond donors (Lipinski definition) is 3. The van der Waals surface area contributed by atoms with E-state index in [-0.39, 0.29) is 23.4 Å². The van der Waals surface area contributed by atoms with Gasteiger partial charge in [-0.25, -0.2) is 4.98 Å². The van der Waals surface area contributed by atoms with E-state index < -0.39 is 5.91 Å². The van der Waals surface area contributed by atoms with Gasteiger partial charge in [-0.2, -0.15) is 0 Å². The molecule has 8 nitrogen and oxygen atoms in total. The highest BCUT2D eigenvalue weighted by molar-refractivity contribution is 5.99. The van der Waals surface area contributed by atoms with Crippen molar-refractivity contribution in [3.05, 3.63) is 82.4 Å². The van der Waals surface area contributed by atoms with Gasteiger partial charge in [0.25, 0.3) is 5.91 Å². The Morgan fingerprint density at radius 3 is 2.75 bits per heavy atom. The molecule has 32 heavy (non-hydrogen) atoms. The highest BCUT2D eigenvalue weighted by Gasteiger charge is 2.21. The molecule has 0 unspecified atom stereocenters. The van der Waals surface area contributed by atoms with Crippen LogP contribution in [0, 0.1) is 0 Å². The first-order valence-corrected chi connectivity index (χ1v) is 10.4. The number of H-pyrrole nitrogens is 2. The smallest absolute Gasteiger partial charge is 0.257 e. The lowest BCUT2D eigenvalue weighted by atomic mass is 9.99. The molecule has 3 N–H and O–H groups in total. The molecule has 5 rings (SSSR count). The van der Waals surface area contributed by atoms with Crippen molar-refractivity contribution in [2.75, 3.05) is 19.6 Å². The molecule has 4 aromatic rings. The van der Waals surface area contributed by atoms with Gasteiger partial charge in [-0.15, -0.1) is 0 Å². The summed E-state index contributed by atoms with van der Waals surface area (Å²) in [6.45, 7) is 0.864. The number of rotatable bonds is 4. The number of nitrogens with one attached hydrogen (secondary N) is 3. The minimum Gasteiger partial charge on any atom is -0.360 e. The Hall–Kier alpha value is -4.20. The zero-order valence-electron chi connectivity index (χ0n) is 17.2. The molecular weight excluding hydrogens is 406 g/mol. The van der Waals surface area contributed by atoms with Gasteiger partial charge in [0, 0.05) is 53.5 Å².